The highest BCUT2D eigenvalue weighted by molar-refractivity contribution is 7.80. The van der Waals surface area contributed by atoms with Gasteiger partial charge in [-0.05, 0) is 0 Å². The van der Waals surface area contributed by atoms with Crippen molar-refractivity contribution in [2.45, 2.75) is 4.90 Å². The molecular weight excluding hydrogens is 159 g/mol. The number of nitrogens with zero attached hydrogens (tertiary/aromatic N) is 1. The molecule has 0 radical (unpaired) electrons. The van der Waals surface area contributed by atoms with Crippen molar-refractivity contribution in [3.05, 3.63) is 27.0 Å². The number of nitrogens with one attached hydrogen (secondary N) is 1. The second kappa shape index (κ2) is 2.30. The zero-order chi connectivity index (χ0) is 7.72. The van der Waals surface area contributed by atoms with Gasteiger partial charge in [-0.25, -0.2) is 4.79 Å². The Labute approximate surface area is 59.7 Å². The average molecular weight is 162 g/mol. The summed E-state index contributed by atoms with van der Waals surface area (Å²) in [4.78, 5) is 22.1. The fourth-order valence-corrected chi connectivity index (χ4v) is 0.594. The van der Waals surface area contributed by atoms with Crippen LogP contribution in [-0.4, -0.2) is 9.77 Å². The molecule has 0 unspecified atom stereocenters. The van der Waals surface area contributed by atoms with Gasteiger partial charge in [-0.15, -0.1) is 12.6 Å². The van der Waals surface area contributed by atoms with Crippen molar-refractivity contribution < 1.29 is 4.48 Å². The third-order valence-corrected chi connectivity index (χ3v) is 1.23. The SMILES string of the molecule is O=c1[nH]cc(S)c(=O)n1F. The predicted octanol–water partition coefficient (Wildman–Crippen LogP) is -0.442. The van der Waals surface area contributed by atoms with E-state index in [1.807, 2.05) is 4.98 Å². The summed E-state index contributed by atoms with van der Waals surface area (Å²) in [6.45, 7) is 0. The van der Waals surface area contributed by atoms with Crippen LogP contribution < -0.4 is 11.2 Å². The van der Waals surface area contributed by atoms with Crippen molar-refractivity contribution in [1.29, 1.82) is 0 Å². The van der Waals surface area contributed by atoms with Gasteiger partial charge in [-0.1, -0.05) is 9.27 Å². The molecule has 1 heterocycles. The Bertz CT molecular complexity index is 355. The van der Waals surface area contributed by atoms with Gasteiger partial charge in [0, 0.05) is 6.20 Å². The smallest absolute Gasteiger partial charge is 0.311 e. The molecule has 10 heavy (non-hydrogen) atoms. The second-order valence-corrected chi connectivity index (χ2v) is 2.05. The van der Waals surface area contributed by atoms with Crippen molar-refractivity contribution >= 4 is 12.6 Å². The number of H-pyrrole nitrogens is 1. The number of hydrogen-bond acceptors (Lipinski definition) is 3. The van der Waals surface area contributed by atoms with Crippen molar-refractivity contribution in [1.82, 2.24) is 9.77 Å². The molecule has 0 spiro atoms. The van der Waals surface area contributed by atoms with E-state index in [1.165, 1.54) is 0 Å². The first-order valence-electron chi connectivity index (χ1n) is 2.33. The topological polar surface area (TPSA) is 54.9 Å². The molecular formula is C4H3FN2O2S. The van der Waals surface area contributed by atoms with Crippen LogP contribution in [0.3, 0.4) is 0 Å². The predicted molar refractivity (Wildman–Crippen MR) is 35.1 cm³/mol. The Morgan fingerprint density at radius 3 is 2.70 bits per heavy atom. The van der Waals surface area contributed by atoms with Gasteiger partial charge >= 0.3 is 5.69 Å². The van der Waals surface area contributed by atoms with Crippen LogP contribution in [0.4, 0.5) is 4.48 Å². The summed E-state index contributed by atoms with van der Waals surface area (Å²) in [5, 5.41) is 0. The number of aromatic amines is 1. The Hall–Kier alpha value is -1.04. The maximum atomic E-state index is 12.2. The lowest BCUT2D eigenvalue weighted by atomic mass is 10.7. The van der Waals surface area contributed by atoms with Crippen LogP contribution in [0.2, 0.25) is 0 Å². The molecule has 1 aromatic rings. The summed E-state index contributed by atoms with van der Waals surface area (Å²) in [5.41, 5.74) is -2.14. The molecule has 0 bridgehead atoms. The molecule has 0 fully saturated rings. The van der Waals surface area contributed by atoms with E-state index in [2.05, 4.69) is 12.6 Å². The third-order valence-electron chi connectivity index (χ3n) is 0.908. The van der Waals surface area contributed by atoms with Gasteiger partial charge in [0.25, 0.3) is 5.56 Å². The average Bonchev–Trinajstić information content (AvgIpc) is 1.93. The van der Waals surface area contributed by atoms with Gasteiger partial charge in [0.1, 0.15) is 0 Å². The van der Waals surface area contributed by atoms with Crippen LogP contribution in [0.25, 0.3) is 0 Å². The normalized spacial score (nSPS) is 9.80. The molecule has 0 atom stereocenters. The molecule has 6 heteroatoms. The fraction of sp³-hybridized carbons (Fsp3) is 0. The highest BCUT2D eigenvalue weighted by Gasteiger charge is 2.00. The summed E-state index contributed by atoms with van der Waals surface area (Å²) in [5.74, 6) is 0. The monoisotopic (exact) mass is 162 g/mol. The Kier molecular flexibility index (Phi) is 1.62. The van der Waals surface area contributed by atoms with Crippen molar-refractivity contribution in [2.24, 2.45) is 0 Å². The minimum Gasteiger partial charge on any atom is -0.311 e. The summed E-state index contributed by atoms with van der Waals surface area (Å²) in [7, 11) is 0. The highest BCUT2D eigenvalue weighted by Crippen LogP contribution is 1.89. The van der Waals surface area contributed by atoms with Gasteiger partial charge < -0.3 is 4.98 Å². The van der Waals surface area contributed by atoms with E-state index in [4.69, 9.17) is 0 Å². The summed E-state index contributed by atoms with van der Waals surface area (Å²) >= 11 is 3.57. The summed E-state index contributed by atoms with van der Waals surface area (Å²) in [6, 6.07) is 0. The standard InChI is InChI=1S/C4H3FN2O2S/c5-7-3(8)2(10)1-6-4(7)9/h1,10H,(H,6,9). The highest BCUT2D eigenvalue weighted by atomic mass is 32.1. The quantitative estimate of drug-likeness (QED) is 0.508. The van der Waals surface area contributed by atoms with Crippen molar-refractivity contribution in [3.63, 3.8) is 0 Å². The Morgan fingerprint density at radius 1 is 1.60 bits per heavy atom. The molecule has 0 amide bonds. The van der Waals surface area contributed by atoms with Crippen LogP contribution in [-0.2, 0) is 0 Å². The molecule has 0 saturated heterocycles. The van der Waals surface area contributed by atoms with E-state index in [0.29, 0.717) is 0 Å². The van der Waals surface area contributed by atoms with Gasteiger partial charge in [0.2, 0.25) is 0 Å². The number of hydrogen-bond donors (Lipinski definition) is 2. The zero-order valence-electron chi connectivity index (χ0n) is 4.67. The number of thiol groups is 1. The van der Waals surface area contributed by atoms with Gasteiger partial charge in [0.05, 0.1) is 4.90 Å². The molecule has 1 rings (SSSR count). The Balaban J connectivity index is 3.66. The van der Waals surface area contributed by atoms with E-state index in [-0.39, 0.29) is 4.90 Å². The maximum absolute atomic E-state index is 12.2. The van der Waals surface area contributed by atoms with Crippen LogP contribution in [0.15, 0.2) is 20.7 Å². The second-order valence-electron chi connectivity index (χ2n) is 1.57. The minimum atomic E-state index is -1.09. The van der Waals surface area contributed by atoms with E-state index >= 15 is 0 Å². The largest absolute Gasteiger partial charge is 0.357 e. The molecule has 54 valence electrons. The van der Waals surface area contributed by atoms with Crippen molar-refractivity contribution in [3.8, 4) is 0 Å². The number of halogens is 1. The summed E-state index contributed by atoms with van der Waals surface area (Å²) in [6.07, 6.45) is 1.03. The molecule has 4 nitrogen and oxygen atoms in total. The first-order chi connectivity index (χ1) is 4.63. The van der Waals surface area contributed by atoms with Gasteiger partial charge in [0.15, 0.2) is 0 Å². The van der Waals surface area contributed by atoms with E-state index in [1.54, 1.807) is 0 Å². The lowest BCUT2D eigenvalue weighted by molar-refractivity contribution is 0.325. The zero-order valence-corrected chi connectivity index (χ0v) is 5.56. The third kappa shape index (κ3) is 0.971. The molecule has 0 aliphatic rings. The van der Waals surface area contributed by atoms with E-state index < -0.39 is 16.0 Å². The summed E-state index contributed by atoms with van der Waals surface area (Å²) < 4.78 is 12.2. The van der Waals surface area contributed by atoms with Crippen molar-refractivity contribution in [2.75, 3.05) is 0 Å². The molecule has 0 aromatic carbocycles. The molecule has 0 saturated carbocycles. The van der Waals surface area contributed by atoms with Gasteiger partial charge in [-0.3, -0.25) is 4.79 Å². The lowest BCUT2D eigenvalue weighted by Gasteiger charge is -1.89. The van der Waals surface area contributed by atoms with Crippen LogP contribution in [0, 0.1) is 0 Å². The number of rotatable bonds is 0. The molecule has 1 N–H and O–H groups in total. The molecule has 0 aliphatic heterocycles. The first-order valence-corrected chi connectivity index (χ1v) is 2.77. The minimum absolute atomic E-state index is 0.137. The maximum Gasteiger partial charge on any atom is 0.357 e. The molecule has 1 aromatic heterocycles. The van der Waals surface area contributed by atoms with E-state index in [9.17, 15) is 14.1 Å². The van der Waals surface area contributed by atoms with Gasteiger partial charge in [-0.2, -0.15) is 0 Å². The fourth-order valence-electron chi connectivity index (χ4n) is 0.441. The molecule has 0 aliphatic carbocycles. The van der Waals surface area contributed by atoms with Crippen LogP contribution in [0.1, 0.15) is 0 Å². The Morgan fingerprint density at radius 2 is 2.20 bits per heavy atom. The first kappa shape index (κ1) is 7.07. The van der Waals surface area contributed by atoms with E-state index in [0.717, 1.165) is 6.20 Å². The van der Waals surface area contributed by atoms with Crippen LogP contribution in [0.5, 0.6) is 0 Å². The van der Waals surface area contributed by atoms with Crippen LogP contribution >= 0.6 is 12.6 Å². The number of aromatic nitrogens is 2. The lowest BCUT2D eigenvalue weighted by Crippen LogP contribution is -2.29.